The zero-order chi connectivity index (χ0) is 24.7. The summed E-state index contributed by atoms with van der Waals surface area (Å²) in [6.45, 7) is -0.714. The minimum Gasteiger partial charge on any atom is -0.496 e. The van der Waals surface area contributed by atoms with E-state index in [2.05, 4.69) is 10.3 Å². The molecule has 34 heavy (non-hydrogen) atoms. The van der Waals surface area contributed by atoms with Crippen molar-refractivity contribution >= 4 is 40.9 Å². The summed E-state index contributed by atoms with van der Waals surface area (Å²) in [7, 11) is 1.50. The highest BCUT2D eigenvalue weighted by atomic mass is 35.5. The number of anilines is 1. The van der Waals surface area contributed by atoms with Crippen molar-refractivity contribution in [3.05, 3.63) is 88.6 Å². The van der Waals surface area contributed by atoms with Crippen LogP contribution in [0.3, 0.4) is 0 Å². The molecule has 0 atom stereocenters. The number of aromatic nitrogens is 1. The van der Waals surface area contributed by atoms with Crippen molar-refractivity contribution < 1.29 is 32.2 Å². The molecule has 0 saturated heterocycles. The minimum absolute atomic E-state index is 0.170. The van der Waals surface area contributed by atoms with E-state index in [9.17, 15) is 22.8 Å². The molecule has 0 unspecified atom stereocenters. The van der Waals surface area contributed by atoms with Gasteiger partial charge in [-0.1, -0.05) is 60.1 Å². The summed E-state index contributed by atoms with van der Waals surface area (Å²) >= 11 is 5.79. The molecule has 0 aliphatic carbocycles. The van der Waals surface area contributed by atoms with Crippen LogP contribution in [0.25, 0.3) is 11.6 Å². The summed E-state index contributed by atoms with van der Waals surface area (Å²) in [5.74, 6) is -1.38. The number of esters is 1. The number of methoxy groups -OCH3 is 1. The highest BCUT2D eigenvalue weighted by Crippen LogP contribution is 2.32. The maximum Gasteiger partial charge on any atom is 0.417 e. The molecule has 0 aliphatic heterocycles. The van der Waals surface area contributed by atoms with Gasteiger partial charge in [0.15, 0.2) is 12.4 Å². The normalized spacial score (nSPS) is 11.6. The van der Waals surface area contributed by atoms with Crippen LogP contribution in [0.15, 0.2) is 66.9 Å². The smallest absolute Gasteiger partial charge is 0.417 e. The number of amides is 1. The van der Waals surface area contributed by atoms with Gasteiger partial charge in [0.05, 0.1) is 23.3 Å². The monoisotopic (exact) mass is 490 g/mol. The zero-order valence-corrected chi connectivity index (χ0v) is 18.5. The molecular weight excluding hydrogens is 473 g/mol. The van der Waals surface area contributed by atoms with E-state index in [1.54, 1.807) is 60.7 Å². The van der Waals surface area contributed by atoms with Crippen LogP contribution in [-0.2, 0) is 20.5 Å². The van der Waals surface area contributed by atoms with Gasteiger partial charge in [0, 0.05) is 11.8 Å². The molecule has 3 rings (SSSR count). The molecular formula is C24H18ClF3N2O4. The second-order valence-corrected chi connectivity index (χ2v) is 7.25. The highest BCUT2D eigenvalue weighted by Gasteiger charge is 2.31. The van der Waals surface area contributed by atoms with Gasteiger partial charge in [-0.15, -0.1) is 0 Å². The number of halogens is 4. The molecule has 176 valence electrons. The number of rotatable bonds is 7. The molecule has 0 fully saturated rings. The number of para-hydroxylation sites is 1. The van der Waals surface area contributed by atoms with Crippen LogP contribution in [-0.4, -0.2) is 30.6 Å². The van der Waals surface area contributed by atoms with E-state index < -0.39 is 35.2 Å². The molecule has 0 spiro atoms. The van der Waals surface area contributed by atoms with E-state index in [1.807, 2.05) is 0 Å². The van der Waals surface area contributed by atoms with Gasteiger partial charge >= 0.3 is 12.1 Å². The largest absolute Gasteiger partial charge is 0.496 e. The predicted molar refractivity (Wildman–Crippen MR) is 121 cm³/mol. The molecule has 3 aromatic rings. The van der Waals surface area contributed by atoms with E-state index in [1.165, 1.54) is 7.11 Å². The fraction of sp³-hybridized carbons (Fsp3) is 0.125. The van der Waals surface area contributed by atoms with E-state index in [4.69, 9.17) is 21.1 Å². The van der Waals surface area contributed by atoms with Crippen LogP contribution in [0.4, 0.5) is 19.0 Å². The third-order valence-electron chi connectivity index (χ3n) is 4.50. The quantitative estimate of drug-likeness (QED) is 0.269. The molecule has 2 aromatic carbocycles. The number of hydrogen-bond acceptors (Lipinski definition) is 5. The number of pyridine rings is 1. The van der Waals surface area contributed by atoms with E-state index in [0.29, 0.717) is 29.1 Å². The lowest BCUT2D eigenvalue weighted by Crippen LogP contribution is -2.22. The van der Waals surface area contributed by atoms with Gasteiger partial charge in [0.25, 0.3) is 5.91 Å². The molecule has 0 aliphatic rings. The van der Waals surface area contributed by atoms with Gasteiger partial charge in [0.1, 0.15) is 5.75 Å². The SMILES string of the molecule is COc1ccccc1/C=C(/C(=O)OCC(=O)Nc1ncc(C(F)(F)F)cc1Cl)c1ccccc1. The Balaban J connectivity index is 1.75. The zero-order valence-electron chi connectivity index (χ0n) is 17.7. The lowest BCUT2D eigenvalue weighted by molar-refractivity contribution is -0.141. The van der Waals surface area contributed by atoms with Crippen molar-refractivity contribution in [2.75, 3.05) is 19.0 Å². The Morgan fingerprint density at radius 2 is 1.76 bits per heavy atom. The summed E-state index contributed by atoms with van der Waals surface area (Å²) < 4.78 is 48.7. The molecule has 1 aromatic heterocycles. The van der Waals surface area contributed by atoms with Crippen molar-refractivity contribution in [1.29, 1.82) is 0 Å². The first-order valence-corrected chi connectivity index (χ1v) is 10.2. The molecule has 6 nitrogen and oxygen atoms in total. The number of benzene rings is 2. The summed E-state index contributed by atoms with van der Waals surface area (Å²) in [4.78, 5) is 28.6. The molecule has 1 amide bonds. The topological polar surface area (TPSA) is 77.5 Å². The molecule has 1 heterocycles. The summed E-state index contributed by atoms with van der Waals surface area (Å²) in [5.41, 5.74) is 0.275. The Morgan fingerprint density at radius 3 is 2.41 bits per heavy atom. The van der Waals surface area contributed by atoms with Gasteiger partial charge in [-0.2, -0.15) is 13.2 Å². The van der Waals surface area contributed by atoms with Gasteiger partial charge < -0.3 is 14.8 Å². The Kier molecular flexibility index (Phi) is 7.91. The Bertz CT molecular complexity index is 1210. The first-order chi connectivity index (χ1) is 16.2. The van der Waals surface area contributed by atoms with E-state index in [-0.39, 0.29) is 11.4 Å². The maximum absolute atomic E-state index is 12.8. The summed E-state index contributed by atoms with van der Waals surface area (Å²) in [6.07, 6.45) is -2.52. The van der Waals surface area contributed by atoms with E-state index in [0.717, 1.165) is 0 Å². The predicted octanol–water partition coefficient (Wildman–Crippen LogP) is 5.48. The van der Waals surface area contributed by atoms with Crippen molar-refractivity contribution in [3.8, 4) is 5.75 Å². The maximum atomic E-state index is 12.8. The number of nitrogens with zero attached hydrogens (tertiary/aromatic N) is 1. The minimum atomic E-state index is -4.63. The van der Waals surface area contributed by atoms with Crippen LogP contribution >= 0.6 is 11.6 Å². The lowest BCUT2D eigenvalue weighted by atomic mass is 10.0. The molecule has 0 bridgehead atoms. The second kappa shape index (κ2) is 10.8. The van der Waals surface area contributed by atoms with Gasteiger partial charge in [-0.25, -0.2) is 9.78 Å². The lowest BCUT2D eigenvalue weighted by Gasteiger charge is -2.12. The number of hydrogen-bond donors (Lipinski definition) is 1. The van der Waals surface area contributed by atoms with Crippen molar-refractivity contribution in [3.63, 3.8) is 0 Å². The van der Waals surface area contributed by atoms with Crippen LogP contribution in [0.1, 0.15) is 16.7 Å². The molecule has 10 heteroatoms. The van der Waals surface area contributed by atoms with Gasteiger partial charge in [-0.3, -0.25) is 4.79 Å². The van der Waals surface area contributed by atoms with Crippen LogP contribution in [0, 0.1) is 0 Å². The average molecular weight is 491 g/mol. The molecule has 0 saturated carbocycles. The number of carbonyl (C=O) groups is 2. The number of alkyl halides is 3. The fourth-order valence-corrected chi connectivity index (χ4v) is 3.09. The molecule has 1 N–H and O–H groups in total. The Labute approximate surface area is 198 Å². The number of ether oxygens (including phenoxy) is 2. The third-order valence-corrected chi connectivity index (χ3v) is 4.79. The molecule has 0 radical (unpaired) electrons. The number of carbonyl (C=O) groups excluding carboxylic acids is 2. The summed E-state index contributed by atoms with van der Waals surface area (Å²) in [6, 6.07) is 16.3. The van der Waals surface area contributed by atoms with Crippen molar-refractivity contribution in [1.82, 2.24) is 4.98 Å². The van der Waals surface area contributed by atoms with Crippen LogP contribution in [0.2, 0.25) is 5.02 Å². The first kappa shape index (κ1) is 24.8. The van der Waals surface area contributed by atoms with Crippen LogP contribution in [0.5, 0.6) is 5.75 Å². The van der Waals surface area contributed by atoms with E-state index >= 15 is 0 Å². The van der Waals surface area contributed by atoms with Crippen molar-refractivity contribution in [2.24, 2.45) is 0 Å². The second-order valence-electron chi connectivity index (χ2n) is 6.84. The Morgan fingerprint density at radius 1 is 1.09 bits per heavy atom. The van der Waals surface area contributed by atoms with Gasteiger partial charge in [-0.05, 0) is 23.8 Å². The third kappa shape index (κ3) is 6.35. The highest BCUT2D eigenvalue weighted by molar-refractivity contribution is 6.33. The van der Waals surface area contributed by atoms with Crippen LogP contribution < -0.4 is 10.1 Å². The average Bonchev–Trinajstić information content (AvgIpc) is 2.82. The van der Waals surface area contributed by atoms with Crippen molar-refractivity contribution in [2.45, 2.75) is 6.18 Å². The standard InChI is InChI=1S/C24H18ClF3N2O4/c1-33-20-10-6-5-9-16(20)11-18(15-7-3-2-4-8-15)23(32)34-14-21(31)30-22-19(25)12-17(13-29-22)24(26,27)28/h2-13H,14H2,1H3,(H,29,30,31)/b18-11+. The Hall–Kier alpha value is -3.85. The van der Waals surface area contributed by atoms with Gasteiger partial charge in [0.2, 0.25) is 0 Å². The summed E-state index contributed by atoms with van der Waals surface area (Å²) in [5, 5.41) is 1.82. The number of nitrogens with one attached hydrogen (secondary N) is 1. The fourth-order valence-electron chi connectivity index (χ4n) is 2.88. The first-order valence-electron chi connectivity index (χ1n) is 9.79.